The van der Waals surface area contributed by atoms with Crippen LogP contribution in [0.2, 0.25) is 0 Å². The topological polar surface area (TPSA) is 113 Å². The highest BCUT2D eigenvalue weighted by Crippen LogP contribution is 2.15. The van der Waals surface area contributed by atoms with Crippen molar-refractivity contribution < 1.29 is 9.18 Å². The number of benzene rings is 1. The molecule has 0 unspecified atom stereocenters. The molecule has 104 valence electrons. The van der Waals surface area contributed by atoms with E-state index in [1.54, 1.807) is 12.1 Å². The van der Waals surface area contributed by atoms with Crippen molar-refractivity contribution in [1.29, 1.82) is 0 Å². The Morgan fingerprint density at radius 2 is 2.05 bits per heavy atom. The minimum atomic E-state index is -0.564. The van der Waals surface area contributed by atoms with Crippen molar-refractivity contribution in [3.8, 4) is 0 Å². The lowest BCUT2D eigenvalue weighted by Crippen LogP contribution is -2.19. The third kappa shape index (κ3) is 3.10. The lowest BCUT2D eigenvalue weighted by molar-refractivity contribution is -0.105. The summed E-state index contributed by atoms with van der Waals surface area (Å²) >= 11 is 0. The number of halogens is 1. The summed E-state index contributed by atoms with van der Waals surface area (Å²) in [7, 11) is 0. The standard InChI is InChI=1S/C12H12FN5O2/c13-8-3-1-7(2-4-8)5-15-10-9(16-6-19)11(20)18-12(14)17-10/h1-4,6H,5H2,(H,16,19)(H4,14,15,17,18,20). The predicted octanol–water partition coefficient (Wildman–Crippen LogP) is 0.672. The molecule has 0 aliphatic heterocycles. The van der Waals surface area contributed by atoms with Gasteiger partial charge in [0, 0.05) is 6.54 Å². The maximum atomic E-state index is 12.8. The number of carbonyl (C=O) groups is 1. The number of nitrogens with two attached hydrogens (primary N) is 1. The molecule has 0 saturated heterocycles. The fourth-order valence-electron chi connectivity index (χ4n) is 1.60. The zero-order valence-electron chi connectivity index (χ0n) is 10.3. The molecule has 0 saturated carbocycles. The minimum absolute atomic E-state index is 0.0312. The highest BCUT2D eigenvalue weighted by molar-refractivity contribution is 5.78. The maximum Gasteiger partial charge on any atom is 0.278 e. The number of anilines is 3. The Balaban J connectivity index is 2.22. The number of nitrogens with one attached hydrogen (secondary N) is 3. The number of amides is 1. The van der Waals surface area contributed by atoms with Gasteiger partial charge in [0.25, 0.3) is 5.56 Å². The molecule has 0 radical (unpaired) electrons. The zero-order valence-corrected chi connectivity index (χ0v) is 10.3. The summed E-state index contributed by atoms with van der Waals surface area (Å²) in [6, 6.07) is 5.82. The van der Waals surface area contributed by atoms with Crippen molar-refractivity contribution >= 4 is 23.9 Å². The average Bonchev–Trinajstić information content (AvgIpc) is 2.41. The van der Waals surface area contributed by atoms with E-state index < -0.39 is 5.56 Å². The van der Waals surface area contributed by atoms with E-state index in [0.29, 0.717) is 13.0 Å². The molecule has 8 heteroatoms. The van der Waals surface area contributed by atoms with E-state index in [1.807, 2.05) is 0 Å². The van der Waals surface area contributed by atoms with Gasteiger partial charge in [-0.25, -0.2) is 4.39 Å². The van der Waals surface area contributed by atoms with Crippen LogP contribution in [-0.2, 0) is 11.3 Å². The third-order valence-electron chi connectivity index (χ3n) is 2.51. The number of H-pyrrole nitrogens is 1. The van der Waals surface area contributed by atoms with Crippen LogP contribution in [0.1, 0.15) is 5.56 Å². The van der Waals surface area contributed by atoms with Gasteiger partial charge in [0.2, 0.25) is 12.4 Å². The first-order valence-electron chi connectivity index (χ1n) is 5.68. The Bertz CT molecular complexity index is 669. The summed E-state index contributed by atoms with van der Waals surface area (Å²) in [6.45, 7) is 0.295. The molecule has 20 heavy (non-hydrogen) atoms. The van der Waals surface area contributed by atoms with Crippen LogP contribution in [0.15, 0.2) is 29.1 Å². The van der Waals surface area contributed by atoms with Gasteiger partial charge in [-0.3, -0.25) is 14.6 Å². The van der Waals surface area contributed by atoms with Crippen LogP contribution in [0.25, 0.3) is 0 Å². The summed E-state index contributed by atoms with van der Waals surface area (Å²) in [5, 5.41) is 5.11. The molecule has 0 aliphatic rings. The number of aromatic nitrogens is 2. The number of aromatic amines is 1. The second-order valence-corrected chi connectivity index (χ2v) is 3.92. The van der Waals surface area contributed by atoms with Crippen molar-refractivity contribution in [2.45, 2.75) is 6.54 Å². The van der Waals surface area contributed by atoms with E-state index in [4.69, 9.17) is 5.73 Å². The molecule has 0 spiro atoms. The Morgan fingerprint density at radius 3 is 2.70 bits per heavy atom. The smallest absolute Gasteiger partial charge is 0.278 e. The fraction of sp³-hybridized carbons (Fsp3) is 0.0833. The van der Waals surface area contributed by atoms with Crippen LogP contribution in [0.3, 0.4) is 0 Å². The van der Waals surface area contributed by atoms with Crippen LogP contribution < -0.4 is 21.9 Å². The van der Waals surface area contributed by atoms with Crippen molar-refractivity contribution in [3.05, 3.63) is 46.0 Å². The highest BCUT2D eigenvalue weighted by atomic mass is 19.1. The first-order chi connectivity index (χ1) is 9.60. The van der Waals surface area contributed by atoms with Crippen molar-refractivity contribution in [1.82, 2.24) is 9.97 Å². The number of carbonyl (C=O) groups excluding carboxylic acids is 1. The van der Waals surface area contributed by atoms with Gasteiger partial charge in [0.1, 0.15) is 11.5 Å². The van der Waals surface area contributed by atoms with Crippen molar-refractivity contribution in [3.63, 3.8) is 0 Å². The van der Waals surface area contributed by atoms with Crippen LogP contribution in [0, 0.1) is 5.82 Å². The van der Waals surface area contributed by atoms with Gasteiger partial charge in [0.15, 0.2) is 5.82 Å². The molecule has 0 fully saturated rings. The number of hydrogen-bond donors (Lipinski definition) is 4. The largest absolute Gasteiger partial charge is 0.369 e. The Labute approximate surface area is 113 Å². The second-order valence-electron chi connectivity index (χ2n) is 3.92. The van der Waals surface area contributed by atoms with Gasteiger partial charge in [-0.1, -0.05) is 12.1 Å². The minimum Gasteiger partial charge on any atom is -0.369 e. The first-order valence-corrected chi connectivity index (χ1v) is 5.68. The molecule has 0 bridgehead atoms. The van der Waals surface area contributed by atoms with Gasteiger partial charge in [-0.05, 0) is 17.7 Å². The monoisotopic (exact) mass is 277 g/mol. The molecule has 1 heterocycles. The number of rotatable bonds is 5. The van der Waals surface area contributed by atoms with Crippen molar-refractivity contribution in [2.24, 2.45) is 0 Å². The lowest BCUT2D eigenvalue weighted by atomic mass is 10.2. The average molecular weight is 277 g/mol. The van der Waals surface area contributed by atoms with Crippen molar-refractivity contribution in [2.75, 3.05) is 16.4 Å². The summed E-state index contributed by atoms with van der Waals surface area (Å²) in [5.74, 6) is -0.272. The summed E-state index contributed by atoms with van der Waals surface area (Å²) < 4.78 is 12.8. The van der Waals surface area contributed by atoms with Crippen LogP contribution in [0.5, 0.6) is 0 Å². The molecular weight excluding hydrogens is 265 g/mol. The Hall–Kier alpha value is -2.90. The van der Waals surface area contributed by atoms with E-state index in [1.165, 1.54) is 12.1 Å². The van der Waals surface area contributed by atoms with E-state index in [0.717, 1.165) is 5.56 Å². The molecule has 5 N–H and O–H groups in total. The molecule has 2 aromatic rings. The van der Waals surface area contributed by atoms with Gasteiger partial charge < -0.3 is 16.4 Å². The van der Waals surface area contributed by atoms with Crippen LogP contribution in [-0.4, -0.2) is 16.4 Å². The molecular formula is C12H12FN5O2. The quantitative estimate of drug-likeness (QED) is 0.600. The van der Waals surface area contributed by atoms with Crippen LogP contribution >= 0.6 is 0 Å². The molecule has 1 amide bonds. The molecule has 2 rings (SSSR count). The fourth-order valence-corrected chi connectivity index (χ4v) is 1.60. The number of hydrogen-bond acceptors (Lipinski definition) is 5. The number of nitrogen functional groups attached to an aromatic ring is 1. The molecule has 1 aromatic carbocycles. The van der Waals surface area contributed by atoms with Gasteiger partial charge in [-0.2, -0.15) is 4.98 Å². The van der Waals surface area contributed by atoms with E-state index in [-0.39, 0.29) is 23.3 Å². The Morgan fingerprint density at radius 1 is 1.35 bits per heavy atom. The SMILES string of the molecule is Nc1nc(NCc2ccc(F)cc2)c(NC=O)c(=O)[nH]1. The van der Waals surface area contributed by atoms with Gasteiger partial charge in [-0.15, -0.1) is 0 Å². The van der Waals surface area contributed by atoms with E-state index in [9.17, 15) is 14.0 Å². The lowest BCUT2D eigenvalue weighted by Gasteiger charge is -2.10. The summed E-state index contributed by atoms with van der Waals surface area (Å²) in [5.41, 5.74) is 5.63. The summed E-state index contributed by atoms with van der Waals surface area (Å²) in [6.07, 6.45) is 0.367. The maximum absolute atomic E-state index is 12.8. The van der Waals surface area contributed by atoms with E-state index >= 15 is 0 Å². The molecule has 0 aliphatic carbocycles. The molecule has 0 atom stereocenters. The normalized spacial score (nSPS) is 10.1. The first kappa shape index (κ1) is 13.5. The highest BCUT2D eigenvalue weighted by Gasteiger charge is 2.09. The van der Waals surface area contributed by atoms with Gasteiger partial charge >= 0.3 is 0 Å². The summed E-state index contributed by atoms with van der Waals surface area (Å²) in [4.78, 5) is 28.3. The third-order valence-corrected chi connectivity index (χ3v) is 2.51. The number of nitrogens with zero attached hydrogens (tertiary/aromatic N) is 1. The second kappa shape index (κ2) is 5.83. The van der Waals surface area contributed by atoms with Gasteiger partial charge in [0.05, 0.1) is 0 Å². The predicted molar refractivity (Wildman–Crippen MR) is 72.7 cm³/mol. The molecule has 7 nitrogen and oxygen atoms in total. The Kier molecular flexibility index (Phi) is 3.94. The van der Waals surface area contributed by atoms with Crippen LogP contribution in [0.4, 0.5) is 21.8 Å². The zero-order chi connectivity index (χ0) is 14.5. The van der Waals surface area contributed by atoms with E-state index in [2.05, 4.69) is 20.6 Å². The molecule has 1 aromatic heterocycles.